The Morgan fingerprint density at radius 2 is 1.95 bits per heavy atom. The van der Waals surface area contributed by atoms with E-state index in [1.54, 1.807) is 18.2 Å². The predicted octanol–water partition coefficient (Wildman–Crippen LogP) is 1.23. The molecule has 3 rings (SSSR count). The first-order valence-corrected chi connectivity index (χ1v) is 6.37. The fourth-order valence-corrected chi connectivity index (χ4v) is 2.36. The van der Waals surface area contributed by atoms with Crippen LogP contribution in [0.15, 0.2) is 35.4 Å². The lowest BCUT2D eigenvalue weighted by molar-refractivity contribution is 0.250. The molecule has 19 heavy (non-hydrogen) atoms. The molecule has 6 heteroatoms. The van der Waals surface area contributed by atoms with Gasteiger partial charge in [0.05, 0.1) is 12.4 Å². The molecule has 1 aliphatic heterocycles. The van der Waals surface area contributed by atoms with Crippen molar-refractivity contribution in [1.82, 2.24) is 19.2 Å². The molecule has 0 radical (unpaired) electrons. The zero-order valence-electron chi connectivity index (χ0n) is 10.5. The Morgan fingerprint density at radius 3 is 2.68 bits per heavy atom. The van der Waals surface area contributed by atoms with E-state index in [0.29, 0.717) is 6.67 Å². The zero-order valence-corrected chi connectivity index (χ0v) is 10.5. The van der Waals surface area contributed by atoms with Crippen molar-refractivity contribution >= 4 is 0 Å². The Labute approximate surface area is 109 Å². The summed E-state index contributed by atoms with van der Waals surface area (Å²) < 4.78 is 16.3. The fourth-order valence-electron chi connectivity index (χ4n) is 2.36. The van der Waals surface area contributed by atoms with Crippen LogP contribution in [0.1, 0.15) is 12.8 Å². The summed E-state index contributed by atoms with van der Waals surface area (Å²) in [5.41, 5.74) is -0.0721. The molecule has 2 aromatic rings. The van der Waals surface area contributed by atoms with Crippen LogP contribution in [0.2, 0.25) is 0 Å². The maximum atomic E-state index is 13.7. The molecule has 0 unspecified atom stereocenters. The average Bonchev–Trinajstić information content (AvgIpc) is 3.03. The summed E-state index contributed by atoms with van der Waals surface area (Å²) >= 11 is 0. The molecule has 0 amide bonds. The Morgan fingerprint density at radius 1 is 1.21 bits per heavy atom. The lowest BCUT2D eigenvalue weighted by Gasteiger charge is -2.12. The quantitative estimate of drug-likeness (QED) is 0.835. The van der Waals surface area contributed by atoms with E-state index in [4.69, 9.17) is 0 Å². The maximum absolute atomic E-state index is 13.7. The van der Waals surface area contributed by atoms with E-state index in [2.05, 4.69) is 10.00 Å². The number of benzene rings is 1. The highest BCUT2D eigenvalue weighted by molar-refractivity contribution is 5.32. The summed E-state index contributed by atoms with van der Waals surface area (Å²) in [6.45, 7) is 2.44. The third-order valence-corrected chi connectivity index (χ3v) is 3.38. The second kappa shape index (κ2) is 4.97. The highest BCUT2D eigenvalue weighted by Crippen LogP contribution is 2.10. The summed E-state index contributed by atoms with van der Waals surface area (Å²) in [7, 11) is 0. The monoisotopic (exact) mass is 262 g/mol. The van der Waals surface area contributed by atoms with Crippen LogP contribution < -0.4 is 5.69 Å². The smallest absolute Gasteiger partial charge is 0.284 e. The molecule has 0 N–H and O–H groups in total. The summed E-state index contributed by atoms with van der Waals surface area (Å²) in [4.78, 5) is 14.3. The molecule has 5 nitrogen and oxygen atoms in total. The van der Waals surface area contributed by atoms with Gasteiger partial charge in [-0.15, -0.1) is 0 Å². The van der Waals surface area contributed by atoms with Gasteiger partial charge in [0.15, 0.2) is 0 Å². The van der Waals surface area contributed by atoms with Crippen molar-refractivity contribution in [3.63, 3.8) is 0 Å². The zero-order chi connectivity index (χ0) is 13.2. The molecule has 0 spiro atoms. The SMILES string of the molecule is O=c1n(-c2ccccc2F)cnn1CN1CCCC1. The second-order valence-electron chi connectivity index (χ2n) is 4.70. The average molecular weight is 262 g/mol. The van der Waals surface area contributed by atoms with Gasteiger partial charge < -0.3 is 0 Å². The van der Waals surface area contributed by atoms with E-state index >= 15 is 0 Å². The van der Waals surface area contributed by atoms with Crippen molar-refractivity contribution in [1.29, 1.82) is 0 Å². The van der Waals surface area contributed by atoms with Gasteiger partial charge in [0.25, 0.3) is 0 Å². The highest BCUT2D eigenvalue weighted by Gasteiger charge is 2.15. The first-order chi connectivity index (χ1) is 9.25. The third kappa shape index (κ3) is 2.31. The number of hydrogen-bond donors (Lipinski definition) is 0. The fraction of sp³-hybridized carbons (Fsp3) is 0.385. The number of aromatic nitrogens is 3. The Bertz CT molecular complexity index is 628. The van der Waals surface area contributed by atoms with Gasteiger partial charge in [-0.25, -0.2) is 13.8 Å². The molecule has 100 valence electrons. The van der Waals surface area contributed by atoms with E-state index in [1.807, 2.05) is 0 Å². The van der Waals surface area contributed by atoms with E-state index < -0.39 is 5.82 Å². The normalized spacial score (nSPS) is 16.1. The van der Waals surface area contributed by atoms with Gasteiger partial charge in [0.2, 0.25) is 0 Å². The van der Waals surface area contributed by atoms with Crippen LogP contribution >= 0.6 is 0 Å². The van der Waals surface area contributed by atoms with Crippen molar-refractivity contribution < 1.29 is 4.39 Å². The third-order valence-electron chi connectivity index (χ3n) is 3.38. The summed E-state index contributed by atoms with van der Waals surface area (Å²) in [6.07, 6.45) is 3.68. The van der Waals surface area contributed by atoms with Crippen LogP contribution in [0.5, 0.6) is 0 Å². The van der Waals surface area contributed by atoms with Crippen molar-refractivity contribution in [2.45, 2.75) is 19.5 Å². The standard InChI is InChI=1S/C13H15FN4O/c14-11-5-1-2-6-12(11)17-9-15-18(13(17)19)10-16-7-3-4-8-16/h1-2,5-6,9H,3-4,7-8,10H2. The molecular formula is C13H15FN4O. The van der Waals surface area contributed by atoms with Crippen molar-refractivity contribution in [3.8, 4) is 5.69 Å². The number of nitrogens with zero attached hydrogens (tertiary/aromatic N) is 4. The first-order valence-electron chi connectivity index (χ1n) is 6.37. The number of para-hydroxylation sites is 1. The number of likely N-dealkylation sites (tertiary alicyclic amines) is 1. The topological polar surface area (TPSA) is 43.1 Å². The summed E-state index contributed by atoms with van der Waals surface area (Å²) in [6, 6.07) is 6.19. The Hall–Kier alpha value is -1.95. The number of rotatable bonds is 3. The molecule has 1 saturated heterocycles. The van der Waals surface area contributed by atoms with Gasteiger partial charge >= 0.3 is 5.69 Å². The van der Waals surface area contributed by atoms with Crippen LogP contribution in [0.25, 0.3) is 5.69 Å². The molecule has 0 atom stereocenters. The van der Waals surface area contributed by atoms with E-state index in [-0.39, 0.29) is 11.4 Å². The van der Waals surface area contributed by atoms with Gasteiger partial charge in [-0.3, -0.25) is 4.90 Å². The van der Waals surface area contributed by atoms with Crippen LogP contribution in [-0.2, 0) is 6.67 Å². The summed E-state index contributed by atoms with van der Waals surface area (Å²) in [5.74, 6) is -0.426. The Kier molecular flexibility index (Phi) is 3.16. The molecule has 1 aromatic heterocycles. The molecule has 0 saturated carbocycles. The minimum absolute atomic E-state index is 0.236. The second-order valence-corrected chi connectivity index (χ2v) is 4.70. The van der Waals surface area contributed by atoms with Crippen molar-refractivity contribution in [3.05, 3.63) is 46.9 Å². The van der Waals surface area contributed by atoms with Gasteiger partial charge in [0, 0.05) is 0 Å². The Balaban J connectivity index is 1.90. The van der Waals surface area contributed by atoms with Gasteiger partial charge in [-0.1, -0.05) is 12.1 Å². The van der Waals surface area contributed by atoms with Gasteiger partial charge in [-0.05, 0) is 38.1 Å². The van der Waals surface area contributed by atoms with Gasteiger partial charge in [0.1, 0.15) is 12.1 Å². The molecule has 0 bridgehead atoms. The molecular weight excluding hydrogens is 247 g/mol. The van der Waals surface area contributed by atoms with Crippen molar-refractivity contribution in [2.75, 3.05) is 13.1 Å². The van der Waals surface area contributed by atoms with Crippen LogP contribution in [-0.4, -0.2) is 32.3 Å². The molecule has 1 aromatic carbocycles. The number of halogens is 1. The van der Waals surface area contributed by atoms with Gasteiger partial charge in [-0.2, -0.15) is 9.78 Å². The van der Waals surface area contributed by atoms with Crippen LogP contribution in [0.4, 0.5) is 4.39 Å². The molecule has 2 heterocycles. The van der Waals surface area contributed by atoms with Crippen molar-refractivity contribution in [2.24, 2.45) is 0 Å². The molecule has 1 aliphatic rings. The lowest BCUT2D eigenvalue weighted by atomic mass is 10.3. The largest absolute Gasteiger partial charge is 0.351 e. The van der Waals surface area contributed by atoms with Crippen LogP contribution in [0.3, 0.4) is 0 Å². The predicted molar refractivity (Wildman–Crippen MR) is 68.6 cm³/mol. The highest BCUT2D eigenvalue weighted by atomic mass is 19.1. The summed E-state index contributed by atoms with van der Waals surface area (Å²) in [5, 5.41) is 4.06. The van der Waals surface area contributed by atoms with E-state index in [9.17, 15) is 9.18 Å². The minimum atomic E-state index is -0.426. The molecule has 0 aliphatic carbocycles. The number of hydrogen-bond acceptors (Lipinski definition) is 3. The first kappa shape index (κ1) is 12.1. The molecule has 1 fully saturated rings. The van der Waals surface area contributed by atoms with Crippen LogP contribution in [0, 0.1) is 5.82 Å². The lowest BCUT2D eigenvalue weighted by Crippen LogP contribution is -2.32. The van der Waals surface area contributed by atoms with E-state index in [1.165, 1.54) is 21.6 Å². The minimum Gasteiger partial charge on any atom is -0.284 e. The maximum Gasteiger partial charge on any atom is 0.351 e. The van der Waals surface area contributed by atoms with E-state index in [0.717, 1.165) is 25.9 Å².